The largest absolute Gasteiger partial charge is 0.497 e. The zero-order valence-corrected chi connectivity index (χ0v) is 18.3. The topological polar surface area (TPSA) is 79.1 Å². The summed E-state index contributed by atoms with van der Waals surface area (Å²) in [6, 6.07) is 11.6. The van der Waals surface area contributed by atoms with Crippen molar-refractivity contribution in [3.63, 3.8) is 0 Å². The smallest absolute Gasteiger partial charge is 0.231 e. The van der Waals surface area contributed by atoms with E-state index in [1.165, 1.54) is 0 Å². The van der Waals surface area contributed by atoms with Crippen molar-refractivity contribution >= 4 is 0 Å². The van der Waals surface area contributed by atoms with E-state index in [0.29, 0.717) is 29.0 Å². The molecule has 1 aliphatic heterocycles. The Balaban J connectivity index is 1.46. The molecule has 1 fully saturated rings. The monoisotopic (exact) mass is 425 g/mol. The summed E-state index contributed by atoms with van der Waals surface area (Å²) in [6.45, 7) is 2.49. The molecule has 0 radical (unpaired) electrons. The number of hydrogen-bond donors (Lipinski definition) is 0. The van der Waals surface area contributed by atoms with Crippen molar-refractivity contribution in [1.29, 1.82) is 0 Å². The predicted molar refractivity (Wildman–Crippen MR) is 115 cm³/mol. The Bertz CT molecular complexity index is 1040. The standard InChI is InChI=1S/C23H27N3O5/c1-27-18-7-5-6-15(12-18)22-24-23(31-25-22)17-10-11-26(14-17)13-16-8-9-19(28-2)21(30-4)20(16)29-3/h5-9,12,17H,10-11,13-14H2,1-4H3. The summed E-state index contributed by atoms with van der Waals surface area (Å²) in [7, 11) is 6.52. The first kappa shape index (κ1) is 21.0. The van der Waals surface area contributed by atoms with Crippen LogP contribution in [0.1, 0.15) is 23.8 Å². The first-order chi connectivity index (χ1) is 15.2. The Morgan fingerprint density at radius 1 is 1.00 bits per heavy atom. The van der Waals surface area contributed by atoms with Crippen molar-refractivity contribution in [2.24, 2.45) is 0 Å². The maximum Gasteiger partial charge on any atom is 0.231 e. The maximum absolute atomic E-state index is 5.62. The van der Waals surface area contributed by atoms with Crippen LogP contribution in [0.15, 0.2) is 40.9 Å². The van der Waals surface area contributed by atoms with E-state index in [1.807, 2.05) is 36.4 Å². The molecule has 1 aliphatic rings. The van der Waals surface area contributed by atoms with E-state index >= 15 is 0 Å². The summed E-state index contributed by atoms with van der Waals surface area (Å²) in [5.41, 5.74) is 1.92. The third kappa shape index (κ3) is 4.29. The van der Waals surface area contributed by atoms with Crippen LogP contribution < -0.4 is 18.9 Å². The Morgan fingerprint density at radius 2 is 1.84 bits per heavy atom. The molecule has 0 amide bonds. The highest BCUT2D eigenvalue weighted by Crippen LogP contribution is 2.41. The first-order valence-corrected chi connectivity index (χ1v) is 10.1. The lowest BCUT2D eigenvalue weighted by atomic mass is 10.1. The van der Waals surface area contributed by atoms with Crippen molar-refractivity contribution in [2.45, 2.75) is 18.9 Å². The van der Waals surface area contributed by atoms with Crippen LogP contribution in [-0.2, 0) is 6.54 Å². The Kier molecular flexibility index (Phi) is 6.27. The fourth-order valence-electron chi connectivity index (χ4n) is 3.99. The van der Waals surface area contributed by atoms with Crippen LogP contribution in [0.3, 0.4) is 0 Å². The minimum absolute atomic E-state index is 0.193. The highest BCUT2D eigenvalue weighted by atomic mass is 16.5. The second-order valence-corrected chi connectivity index (χ2v) is 7.40. The SMILES string of the molecule is COc1cccc(-c2noc(C3CCN(Cc4ccc(OC)c(OC)c4OC)C3)n2)c1. The second kappa shape index (κ2) is 9.26. The molecule has 8 nitrogen and oxygen atoms in total. The number of rotatable bonds is 8. The lowest BCUT2D eigenvalue weighted by Gasteiger charge is -2.20. The minimum Gasteiger partial charge on any atom is -0.497 e. The third-order valence-electron chi connectivity index (χ3n) is 5.57. The van der Waals surface area contributed by atoms with E-state index in [0.717, 1.165) is 42.9 Å². The number of nitrogens with zero attached hydrogens (tertiary/aromatic N) is 3. The van der Waals surface area contributed by atoms with Crippen LogP contribution in [0.5, 0.6) is 23.0 Å². The molecule has 4 rings (SSSR count). The van der Waals surface area contributed by atoms with Gasteiger partial charge in [-0.3, -0.25) is 4.90 Å². The molecule has 2 aromatic carbocycles. The molecular weight excluding hydrogens is 398 g/mol. The number of likely N-dealkylation sites (tertiary alicyclic amines) is 1. The summed E-state index contributed by atoms with van der Waals surface area (Å²) < 4.78 is 27.4. The molecule has 1 atom stereocenters. The van der Waals surface area contributed by atoms with Crippen LogP contribution >= 0.6 is 0 Å². The van der Waals surface area contributed by atoms with Crippen molar-refractivity contribution in [2.75, 3.05) is 41.5 Å². The molecule has 8 heteroatoms. The summed E-state index contributed by atoms with van der Waals surface area (Å²) >= 11 is 0. The van der Waals surface area contributed by atoms with Crippen molar-refractivity contribution in [3.05, 3.63) is 47.9 Å². The highest BCUT2D eigenvalue weighted by Gasteiger charge is 2.29. The maximum atomic E-state index is 5.62. The number of ether oxygens (including phenoxy) is 4. The normalized spacial score (nSPS) is 16.3. The van der Waals surface area contributed by atoms with Crippen LogP contribution in [0.25, 0.3) is 11.4 Å². The van der Waals surface area contributed by atoms with Crippen LogP contribution in [0.2, 0.25) is 0 Å². The summed E-state index contributed by atoms with van der Waals surface area (Å²) in [5.74, 6) is 4.16. The Hall–Kier alpha value is -3.26. The van der Waals surface area contributed by atoms with Gasteiger partial charge in [0.25, 0.3) is 0 Å². The molecule has 0 bridgehead atoms. The lowest BCUT2D eigenvalue weighted by molar-refractivity contribution is 0.293. The van der Waals surface area contributed by atoms with E-state index < -0.39 is 0 Å². The fraction of sp³-hybridized carbons (Fsp3) is 0.391. The molecule has 3 aromatic rings. The van der Waals surface area contributed by atoms with Gasteiger partial charge in [-0.25, -0.2) is 0 Å². The van der Waals surface area contributed by atoms with Crippen molar-refractivity contribution < 1.29 is 23.5 Å². The Morgan fingerprint density at radius 3 is 2.58 bits per heavy atom. The van der Waals surface area contributed by atoms with Crippen LogP contribution in [-0.4, -0.2) is 56.6 Å². The fourth-order valence-corrected chi connectivity index (χ4v) is 3.99. The van der Waals surface area contributed by atoms with Gasteiger partial charge >= 0.3 is 0 Å². The van der Waals surface area contributed by atoms with Crippen molar-refractivity contribution in [3.8, 4) is 34.4 Å². The van der Waals surface area contributed by atoms with E-state index in [9.17, 15) is 0 Å². The van der Waals surface area contributed by atoms with E-state index in [2.05, 4.69) is 15.0 Å². The van der Waals surface area contributed by atoms with E-state index in [4.69, 9.17) is 23.5 Å². The molecule has 1 unspecified atom stereocenters. The lowest BCUT2D eigenvalue weighted by Crippen LogP contribution is -2.20. The average molecular weight is 425 g/mol. The van der Waals surface area contributed by atoms with Gasteiger partial charge in [-0.05, 0) is 31.2 Å². The number of benzene rings is 2. The molecule has 0 spiro atoms. The van der Waals surface area contributed by atoms with Gasteiger partial charge in [0.15, 0.2) is 11.5 Å². The van der Waals surface area contributed by atoms with Gasteiger partial charge in [0.1, 0.15) is 5.75 Å². The van der Waals surface area contributed by atoms with Gasteiger partial charge in [0.05, 0.1) is 34.4 Å². The van der Waals surface area contributed by atoms with Crippen LogP contribution in [0.4, 0.5) is 0 Å². The average Bonchev–Trinajstić information content (AvgIpc) is 3.48. The summed E-state index contributed by atoms with van der Waals surface area (Å²) in [6.07, 6.45) is 0.954. The Labute approximate surface area is 181 Å². The second-order valence-electron chi connectivity index (χ2n) is 7.40. The molecular formula is C23H27N3O5. The summed E-state index contributed by atoms with van der Waals surface area (Å²) in [5, 5.41) is 4.17. The third-order valence-corrected chi connectivity index (χ3v) is 5.57. The minimum atomic E-state index is 0.193. The number of aromatic nitrogens is 2. The molecule has 1 aromatic heterocycles. The molecule has 31 heavy (non-hydrogen) atoms. The van der Waals surface area contributed by atoms with Gasteiger partial charge in [0.2, 0.25) is 17.5 Å². The molecule has 1 saturated heterocycles. The number of hydrogen-bond acceptors (Lipinski definition) is 8. The molecule has 2 heterocycles. The van der Waals surface area contributed by atoms with E-state index in [-0.39, 0.29) is 5.92 Å². The molecule has 0 N–H and O–H groups in total. The molecule has 164 valence electrons. The quantitative estimate of drug-likeness (QED) is 0.540. The van der Waals surface area contributed by atoms with Gasteiger partial charge in [-0.1, -0.05) is 23.4 Å². The van der Waals surface area contributed by atoms with E-state index in [1.54, 1.807) is 28.4 Å². The molecule has 0 saturated carbocycles. The van der Waals surface area contributed by atoms with Crippen molar-refractivity contribution in [1.82, 2.24) is 15.0 Å². The zero-order valence-electron chi connectivity index (χ0n) is 18.3. The summed E-state index contributed by atoms with van der Waals surface area (Å²) in [4.78, 5) is 6.99. The predicted octanol–water partition coefficient (Wildman–Crippen LogP) is 3.76. The van der Waals surface area contributed by atoms with Gasteiger partial charge < -0.3 is 23.5 Å². The zero-order chi connectivity index (χ0) is 21.8. The molecule has 0 aliphatic carbocycles. The van der Waals surface area contributed by atoms with Gasteiger partial charge in [-0.2, -0.15) is 4.98 Å². The van der Waals surface area contributed by atoms with Crippen LogP contribution in [0, 0.1) is 0 Å². The van der Waals surface area contributed by atoms with Gasteiger partial charge in [0, 0.05) is 24.2 Å². The first-order valence-electron chi connectivity index (χ1n) is 10.1. The highest BCUT2D eigenvalue weighted by molar-refractivity contribution is 5.57. The van der Waals surface area contributed by atoms with Gasteiger partial charge in [-0.15, -0.1) is 0 Å². The number of methoxy groups -OCH3 is 4.